The Labute approximate surface area is 142 Å². The van der Waals surface area contributed by atoms with Gasteiger partial charge in [0.1, 0.15) is 6.04 Å². The molecule has 0 aliphatic heterocycles. The highest BCUT2D eigenvalue weighted by atomic mass is 16.2. The molecule has 0 aliphatic rings. The van der Waals surface area contributed by atoms with Crippen molar-refractivity contribution in [1.82, 2.24) is 19.2 Å². The zero-order valence-corrected chi connectivity index (χ0v) is 14.0. The number of benzene rings is 1. The average molecular weight is 322 g/mol. The zero-order chi connectivity index (χ0) is 16.9. The van der Waals surface area contributed by atoms with Gasteiger partial charge < -0.3 is 9.47 Å². The second-order valence-electron chi connectivity index (χ2n) is 5.87. The predicted molar refractivity (Wildman–Crippen MR) is 93.8 cm³/mol. The van der Waals surface area contributed by atoms with E-state index in [1.165, 1.54) is 0 Å². The summed E-state index contributed by atoms with van der Waals surface area (Å²) in [4.78, 5) is 14.5. The number of likely N-dealkylation sites (N-methyl/N-ethyl adjacent to an activating group) is 1. The fourth-order valence-corrected chi connectivity index (χ4v) is 2.85. The van der Waals surface area contributed by atoms with Crippen LogP contribution in [-0.2, 0) is 11.3 Å². The zero-order valence-electron chi connectivity index (χ0n) is 14.0. The molecule has 1 atom stereocenters. The quantitative estimate of drug-likeness (QED) is 0.699. The molecule has 2 aromatic heterocycles. The van der Waals surface area contributed by atoms with Gasteiger partial charge in [0, 0.05) is 38.4 Å². The van der Waals surface area contributed by atoms with Crippen LogP contribution >= 0.6 is 0 Å². The van der Waals surface area contributed by atoms with E-state index in [0.717, 1.165) is 17.7 Å². The number of carbonyl (C=O) groups is 1. The monoisotopic (exact) mass is 322 g/mol. The minimum atomic E-state index is -0.145. The molecule has 0 radical (unpaired) electrons. The summed E-state index contributed by atoms with van der Waals surface area (Å²) in [5, 5.41) is 4.22. The van der Waals surface area contributed by atoms with Gasteiger partial charge in [0.25, 0.3) is 0 Å². The Hall–Kier alpha value is -2.82. The lowest BCUT2D eigenvalue weighted by molar-refractivity contribution is -0.134. The fraction of sp³-hybridized carbons (Fsp3) is 0.263. The standard InChI is InChI=1S/C19H22N4O/c1-3-18(22-12-4-5-13-22)19(24)21(2)15-16-7-9-17(10-8-16)23-14-6-11-20-23/h4-14,18H,3,15H2,1-2H3. The van der Waals surface area contributed by atoms with Gasteiger partial charge in [0.15, 0.2) is 0 Å². The summed E-state index contributed by atoms with van der Waals surface area (Å²) in [7, 11) is 1.86. The first kappa shape index (κ1) is 16.1. The molecule has 0 fully saturated rings. The van der Waals surface area contributed by atoms with Crippen molar-refractivity contribution < 1.29 is 4.79 Å². The van der Waals surface area contributed by atoms with Crippen molar-refractivity contribution in [3.8, 4) is 5.69 Å². The number of nitrogens with zero attached hydrogens (tertiary/aromatic N) is 4. The number of rotatable bonds is 6. The second kappa shape index (κ2) is 7.17. The second-order valence-corrected chi connectivity index (χ2v) is 5.87. The van der Waals surface area contributed by atoms with Crippen LogP contribution in [0.3, 0.4) is 0 Å². The minimum absolute atomic E-state index is 0.129. The SMILES string of the molecule is CCC(C(=O)N(C)Cc1ccc(-n2cccn2)cc1)n1cccc1. The van der Waals surface area contributed by atoms with E-state index in [4.69, 9.17) is 0 Å². The Bertz CT molecular complexity index is 760. The van der Waals surface area contributed by atoms with E-state index >= 15 is 0 Å². The van der Waals surface area contributed by atoms with Crippen LogP contribution in [0.2, 0.25) is 0 Å². The molecule has 3 rings (SSSR count). The van der Waals surface area contributed by atoms with Crippen molar-refractivity contribution in [3.05, 3.63) is 72.8 Å². The lowest BCUT2D eigenvalue weighted by Gasteiger charge is -2.24. The first-order valence-corrected chi connectivity index (χ1v) is 8.15. The van der Waals surface area contributed by atoms with Crippen LogP contribution in [0.4, 0.5) is 0 Å². The molecule has 0 saturated carbocycles. The van der Waals surface area contributed by atoms with E-state index < -0.39 is 0 Å². The smallest absolute Gasteiger partial charge is 0.245 e. The molecule has 0 aliphatic carbocycles. The average Bonchev–Trinajstić information content (AvgIpc) is 3.30. The van der Waals surface area contributed by atoms with Crippen molar-refractivity contribution >= 4 is 5.91 Å². The van der Waals surface area contributed by atoms with E-state index in [1.54, 1.807) is 11.1 Å². The highest BCUT2D eigenvalue weighted by Gasteiger charge is 2.21. The van der Waals surface area contributed by atoms with Crippen LogP contribution in [-0.4, -0.2) is 32.2 Å². The molecule has 3 aromatic rings. The third-order valence-electron chi connectivity index (χ3n) is 4.16. The van der Waals surface area contributed by atoms with Crippen molar-refractivity contribution in [2.75, 3.05) is 7.05 Å². The summed E-state index contributed by atoms with van der Waals surface area (Å²) in [5.41, 5.74) is 2.11. The number of hydrogen-bond donors (Lipinski definition) is 0. The largest absolute Gasteiger partial charge is 0.342 e. The van der Waals surface area contributed by atoms with Gasteiger partial charge in [0.2, 0.25) is 5.91 Å². The summed E-state index contributed by atoms with van der Waals surface area (Å²) in [5.74, 6) is 0.129. The third-order valence-corrected chi connectivity index (χ3v) is 4.16. The Balaban J connectivity index is 1.67. The molecule has 1 amide bonds. The van der Waals surface area contributed by atoms with Gasteiger partial charge in [-0.1, -0.05) is 19.1 Å². The predicted octanol–water partition coefficient (Wildman–Crippen LogP) is 3.28. The number of hydrogen-bond acceptors (Lipinski definition) is 2. The van der Waals surface area contributed by atoms with Crippen LogP contribution in [0.25, 0.3) is 5.69 Å². The van der Waals surface area contributed by atoms with Gasteiger partial charge in [-0.25, -0.2) is 4.68 Å². The van der Waals surface area contributed by atoms with Crippen LogP contribution in [0.15, 0.2) is 67.3 Å². The maximum Gasteiger partial charge on any atom is 0.245 e. The van der Waals surface area contributed by atoms with Crippen LogP contribution in [0.5, 0.6) is 0 Å². The van der Waals surface area contributed by atoms with E-state index in [1.807, 2.05) is 84.3 Å². The molecule has 0 saturated heterocycles. The minimum Gasteiger partial charge on any atom is -0.342 e. The van der Waals surface area contributed by atoms with E-state index in [-0.39, 0.29) is 11.9 Å². The first-order chi connectivity index (χ1) is 11.7. The van der Waals surface area contributed by atoms with Crippen LogP contribution < -0.4 is 0 Å². The highest BCUT2D eigenvalue weighted by Crippen LogP contribution is 2.17. The van der Waals surface area contributed by atoms with Gasteiger partial charge in [0.05, 0.1) is 5.69 Å². The Morgan fingerprint density at radius 2 is 1.83 bits per heavy atom. The van der Waals surface area contributed by atoms with Crippen molar-refractivity contribution in [3.63, 3.8) is 0 Å². The number of aromatic nitrogens is 3. The van der Waals surface area contributed by atoms with Gasteiger partial charge in [-0.15, -0.1) is 0 Å². The molecule has 0 bridgehead atoms. The molecule has 0 N–H and O–H groups in total. The van der Waals surface area contributed by atoms with Gasteiger partial charge >= 0.3 is 0 Å². The third kappa shape index (κ3) is 3.40. The van der Waals surface area contributed by atoms with Gasteiger partial charge in [-0.05, 0) is 42.3 Å². The summed E-state index contributed by atoms with van der Waals surface area (Å²) in [6, 6.07) is 13.8. The molecule has 5 nitrogen and oxygen atoms in total. The molecule has 1 aromatic carbocycles. The normalized spacial score (nSPS) is 12.1. The summed E-state index contributed by atoms with van der Waals surface area (Å²) in [6.45, 7) is 2.63. The summed E-state index contributed by atoms with van der Waals surface area (Å²) in [6.07, 6.45) is 8.33. The van der Waals surface area contributed by atoms with Gasteiger partial charge in [-0.2, -0.15) is 5.10 Å². The van der Waals surface area contributed by atoms with E-state index in [2.05, 4.69) is 5.10 Å². The number of carbonyl (C=O) groups excluding carboxylic acids is 1. The maximum atomic E-state index is 12.7. The Morgan fingerprint density at radius 1 is 1.12 bits per heavy atom. The first-order valence-electron chi connectivity index (χ1n) is 8.15. The molecular formula is C19H22N4O. The van der Waals surface area contributed by atoms with Crippen molar-refractivity contribution in [1.29, 1.82) is 0 Å². The number of amides is 1. The summed E-state index contributed by atoms with van der Waals surface area (Å²) >= 11 is 0. The maximum absolute atomic E-state index is 12.7. The lowest BCUT2D eigenvalue weighted by Crippen LogP contribution is -2.33. The van der Waals surface area contributed by atoms with Gasteiger partial charge in [-0.3, -0.25) is 4.79 Å². The Kier molecular flexibility index (Phi) is 4.79. The highest BCUT2D eigenvalue weighted by molar-refractivity contribution is 5.80. The molecule has 5 heteroatoms. The van der Waals surface area contributed by atoms with Crippen molar-refractivity contribution in [2.24, 2.45) is 0 Å². The molecule has 0 spiro atoms. The molecule has 2 heterocycles. The van der Waals surface area contributed by atoms with Crippen LogP contribution in [0, 0.1) is 0 Å². The summed E-state index contributed by atoms with van der Waals surface area (Å²) < 4.78 is 3.79. The lowest BCUT2D eigenvalue weighted by atomic mass is 10.1. The van der Waals surface area contributed by atoms with Crippen LogP contribution in [0.1, 0.15) is 24.9 Å². The molecular weight excluding hydrogens is 300 g/mol. The van der Waals surface area contributed by atoms with E-state index in [0.29, 0.717) is 6.54 Å². The Morgan fingerprint density at radius 3 is 2.42 bits per heavy atom. The molecule has 124 valence electrons. The molecule has 24 heavy (non-hydrogen) atoms. The molecule has 1 unspecified atom stereocenters. The van der Waals surface area contributed by atoms with E-state index in [9.17, 15) is 4.79 Å². The fourth-order valence-electron chi connectivity index (χ4n) is 2.85. The van der Waals surface area contributed by atoms with Crippen molar-refractivity contribution in [2.45, 2.75) is 25.9 Å². The topological polar surface area (TPSA) is 43.1 Å².